The van der Waals surface area contributed by atoms with Crippen molar-refractivity contribution in [3.63, 3.8) is 0 Å². The van der Waals surface area contributed by atoms with Crippen molar-refractivity contribution >= 4 is 35.8 Å². The maximum atomic E-state index is 12.7. The van der Waals surface area contributed by atoms with Gasteiger partial charge in [-0.05, 0) is 27.2 Å². The van der Waals surface area contributed by atoms with E-state index in [0.29, 0.717) is 6.42 Å². The van der Waals surface area contributed by atoms with Crippen LogP contribution in [0, 0.1) is 0 Å². The first-order chi connectivity index (χ1) is 20.6. The van der Waals surface area contributed by atoms with Crippen molar-refractivity contribution in [3.05, 3.63) is 0 Å². The van der Waals surface area contributed by atoms with Crippen LogP contribution in [-0.4, -0.2) is 128 Å². The molecule has 0 atom stereocenters. The van der Waals surface area contributed by atoms with Crippen molar-refractivity contribution in [2.75, 3.05) is 65.9 Å². The molecule has 44 heavy (non-hydrogen) atoms. The first-order valence-corrected chi connectivity index (χ1v) is 14.1. The van der Waals surface area contributed by atoms with Crippen LogP contribution in [0.15, 0.2) is 0 Å². The molecule has 0 heterocycles. The van der Waals surface area contributed by atoms with Crippen LogP contribution in [0.4, 0.5) is 4.79 Å². The fourth-order valence-electron chi connectivity index (χ4n) is 3.24. The molecule has 0 bridgehead atoms. The Labute approximate surface area is 256 Å². The van der Waals surface area contributed by atoms with Crippen molar-refractivity contribution in [3.8, 4) is 0 Å². The highest BCUT2D eigenvalue weighted by atomic mass is 16.6. The van der Waals surface area contributed by atoms with E-state index < -0.39 is 41.0 Å². The summed E-state index contributed by atoms with van der Waals surface area (Å²) in [7, 11) is 0. The van der Waals surface area contributed by atoms with Crippen LogP contribution in [0.5, 0.6) is 0 Å². The first-order valence-electron chi connectivity index (χ1n) is 14.1. The van der Waals surface area contributed by atoms with Gasteiger partial charge in [-0.15, -0.1) is 0 Å². The predicted octanol–water partition coefficient (Wildman–Crippen LogP) is 0.143. The Morgan fingerprint density at radius 2 is 1.05 bits per heavy atom. The lowest BCUT2D eigenvalue weighted by molar-refractivity contribution is -0.140. The van der Waals surface area contributed by atoms with E-state index in [4.69, 9.17) is 39.0 Å². The van der Waals surface area contributed by atoms with Gasteiger partial charge in [0.05, 0.1) is 72.1 Å². The van der Waals surface area contributed by atoms with Crippen LogP contribution in [0.3, 0.4) is 0 Å². The largest absolute Gasteiger partial charge is 0.481 e. The molecular weight excluding hydrogens is 590 g/mol. The maximum Gasteiger partial charge on any atom is 0.407 e. The third-order valence-electron chi connectivity index (χ3n) is 5.21. The zero-order chi connectivity index (χ0) is 33.4. The lowest BCUT2D eigenvalue weighted by atomic mass is 10.0. The molecule has 0 unspecified atom stereocenters. The Hall–Kier alpha value is -3.54. The van der Waals surface area contributed by atoms with E-state index in [0.717, 1.165) is 0 Å². The lowest BCUT2D eigenvalue weighted by Gasteiger charge is -2.34. The van der Waals surface area contributed by atoms with Crippen LogP contribution >= 0.6 is 0 Å². The molecule has 0 aromatic rings. The van der Waals surface area contributed by atoms with Crippen LogP contribution < -0.4 is 16.0 Å². The molecule has 6 N–H and O–H groups in total. The van der Waals surface area contributed by atoms with Gasteiger partial charge in [-0.2, -0.15) is 0 Å². The number of nitrogens with one attached hydrogen (secondary N) is 3. The number of carboxylic acids is 3. The molecule has 0 rings (SSSR count). The van der Waals surface area contributed by atoms with E-state index in [2.05, 4.69) is 16.0 Å². The molecule has 0 fully saturated rings. The van der Waals surface area contributed by atoms with Gasteiger partial charge in [0.25, 0.3) is 0 Å². The van der Waals surface area contributed by atoms with Gasteiger partial charge in [0.15, 0.2) is 0 Å². The average molecular weight is 638 g/mol. The van der Waals surface area contributed by atoms with Gasteiger partial charge in [-0.25, -0.2) is 4.79 Å². The predicted molar refractivity (Wildman–Crippen MR) is 152 cm³/mol. The number of carbonyl (C=O) groups is 6. The summed E-state index contributed by atoms with van der Waals surface area (Å²) in [5.74, 6) is -4.05. The quantitative estimate of drug-likeness (QED) is 0.0691. The molecule has 0 aromatic carbocycles. The fourth-order valence-corrected chi connectivity index (χ4v) is 3.24. The maximum absolute atomic E-state index is 12.7. The summed E-state index contributed by atoms with van der Waals surface area (Å²) in [6, 6.07) is 0. The van der Waals surface area contributed by atoms with E-state index in [1.807, 2.05) is 0 Å². The number of carbonyl (C=O) groups excluding carboxylic acids is 3. The Morgan fingerprint density at radius 3 is 1.50 bits per heavy atom. The summed E-state index contributed by atoms with van der Waals surface area (Å²) in [5, 5.41) is 34.5. The lowest BCUT2D eigenvalue weighted by Crippen LogP contribution is -2.59. The summed E-state index contributed by atoms with van der Waals surface area (Å²) in [4.78, 5) is 68.8. The molecule has 3 amide bonds. The van der Waals surface area contributed by atoms with E-state index >= 15 is 0 Å². The number of hydrogen-bond donors (Lipinski definition) is 6. The van der Waals surface area contributed by atoms with Crippen LogP contribution in [-0.2, 0) is 47.7 Å². The molecule has 254 valence electrons. The van der Waals surface area contributed by atoms with Gasteiger partial charge < -0.3 is 55.0 Å². The molecule has 17 heteroatoms. The standard InChI is InChI=1S/C27H47N3O14/c1-26(2,3)44-25(39)29-10-4-5-20(31)28-11-16-40-12-6-21(32)30-27(17-41-13-7-22(33)34,18-42-14-8-23(35)36)19-43-15-9-24(37)38/h4-19H2,1-3H3,(H,28,31)(H,29,39)(H,30,32)(H,33,34)(H,35,36)(H,37,38). The highest BCUT2D eigenvalue weighted by Gasteiger charge is 2.34. The zero-order valence-electron chi connectivity index (χ0n) is 25.6. The van der Waals surface area contributed by atoms with Crippen molar-refractivity contribution in [1.82, 2.24) is 16.0 Å². The van der Waals surface area contributed by atoms with E-state index in [9.17, 15) is 28.8 Å². The molecule has 17 nitrogen and oxygen atoms in total. The molecule has 0 saturated carbocycles. The Balaban J connectivity index is 4.71. The van der Waals surface area contributed by atoms with Gasteiger partial charge in [-0.3, -0.25) is 24.0 Å². The molecule has 0 saturated heterocycles. The summed E-state index contributed by atoms with van der Waals surface area (Å²) < 4.78 is 26.8. The normalized spacial score (nSPS) is 11.4. The number of ether oxygens (including phenoxy) is 5. The zero-order valence-corrected chi connectivity index (χ0v) is 25.6. The van der Waals surface area contributed by atoms with E-state index in [-0.39, 0.29) is 104 Å². The fraction of sp³-hybridized carbons (Fsp3) is 0.778. The van der Waals surface area contributed by atoms with Gasteiger partial charge in [-0.1, -0.05) is 0 Å². The second-order valence-corrected chi connectivity index (χ2v) is 10.7. The van der Waals surface area contributed by atoms with Crippen LogP contribution in [0.1, 0.15) is 59.3 Å². The topological polar surface area (TPSA) is 245 Å². The molecule has 0 aliphatic carbocycles. The third-order valence-corrected chi connectivity index (χ3v) is 5.21. The number of amides is 3. The van der Waals surface area contributed by atoms with Crippen molar-refractivity contribution in [1.29, 1.82) is 0 Å². The molecule has 0 aliphatic rings. The third kappa shape index (κ3) is 25.0. The van der Waals surface area contributed by atoms with Crippen molar-refractivity contribution in [2.45, 2.75) is 70.4 Å². The number of rotatable bonds is 26. The summed E-state index contributed by atoms with van der Waals surface area (Å²) in [6.07, 6.45) is -1.02. The number of aliphatic carboxylic acids is 3. The van der Waals surface area contributed by atoms with Crippen molar-refractivity contribution < 1.29 is 67.8 Å². The molecule has 0 radical (unpaired) electrons. The SMILES string of the molecule is CC(C)(C)OC(=O)NCCCC(=O)NCCOCCC(=O)NC(COCCC(=O)O)(COCCC(=O)O)COCCC(=O)O. The van der Waals surface area contributed by atoms with Gasteiger partial charge in [0.1, 0.15) is 11.1 Å². The Morgan fingerprint density at radius 1 is 0.568 bits per heavy atom. The summed E-state index contributed by atoms with van der Waals surface area (Å²) >= 11 is 0. The van der Waals surface area contributed by atoms with Crippen molar-refractivity contribution in [2.24, 2.45) is 0 Å². The summed E-state index contributed by atoms with van der Waals surface area (Å²) in [5.41, 5.74) is -1.99. The Kier molecular flexibility index (Phi) is 21.1. The van der Waals surface area contributed by atoms with Crippen LogP contribution in [0.25, 0.3) is 0 Å². The molecular formula is C27H47N3O14. The number of hydrogen-bond acceptors (Lipinski definition) is 11. The minimum Gasteiger partial charge on any atom is -0.481 e. The first kappa shape index (κ1) is 40.5. The summed E-state index contributed by atoms with van der Waals surface area (Å²) in [6.45, 7) is 4.47. The minimum atomic E-state index is -1.38. The Bertz CT molecular complexity index is 852. The smallest absolute Gasteiger partial charge is 0.407 e. The molecule has 0 spiro atoms. The van der Waals surface area contributed by atoms with Gasteiger partial charge in [0.2, 0.25) is 11.8 Å². The van der Waals surface area contributed by atoms with E-state index in [1.54, 1.807) is 20.8 Å². The van der Waals surface area contributed by atoms with Gasteiger partial charge >= 0.3 is 24.0 Å². The molecule has 0 aromatic heterocycles. The highest BCUT2D eigenvalue weighted by Crippen LogP contribution is 2.11. The van der Waals surface area contributed by atoms with Crippen LogP contribution in [0.2, 0.25) is 0 Å². The number of alkyl carbamates (subject to hydrolysis) is 1. The molecule has 0 aliphatic heterocycles. The average Bonchev–Trinajstić information content (AvgIpc) is 2.90. The minimum absolute atomic E-state index is 0.0167. The number of carboxylic acid groups (broad SMARTS) is 3. The van der Waals surface area contributed by atoms with E-state index in [1.165, 1.54) is 0 Å². The highest BCUT2D eigenvalue weighted by molar-refractivity contribution is 5.77. The monoisotopic (exact) mass is 637 g/mol. The second-order valence-electron chi connectivity index (χ2n) is 10.7. The van der Waals surface area contributed by atoms with Gasteiger partial charge in [0, 0.05) is 25.9 Å². The second kappa shape index (κ2) is 22.9.